The number of imidazole rings is 1. The fraction of sp³-hybridized carbons (Fsp3) is 0.222. The van der Waals surface area contributed by atoms with E-state index in [1.165, 1.54) is 6.20 Å². The second kappa shape index (κ2) is 7.42. The van der Waals surface area contributed by atoms with Crippen molar-refractivity contribution < 1.29 is 14.4 Å². The molecule has 4 rings (SSSR count). The van der Waals surface area contributed by atoms with Crippen molar-refractivity contribution in [2.75, 3.05) is 6.61 Å². The molecule has 0 fully saturated rings. The van der Waals surface area contributed by atoms with Crippen molar-refractivity contribution in [2.24, 2.45) is 0 Å². The average molecular weight is 378 g/mol. The SMILES string of the molecule is N#Cc1ccc(-c2ccc(CO[C@@H]3COc4nc([N+](=O)[O-])cn4C3)nn2)cc1. The summed E-state index contributed by atoms with van der Waals surface area (Å²) in [5, 5.41) is 28.0. The maximum atomic E-state index is 10.8. The zero-order valence-electron chi connectivity index (χ0n) is 14.6. The number of nitrogens with zero attached hydrogens (tertiary/aromatic N) is 6. The van der Waals surface area contributed by atoms with Crippen molar-refractivity contribution in [3.05, 3.63) is 64.0 Å². The van der Waals surface area contributed by atoms with Crippen LogP contribution in [-0.4, -0.2) is 37.4 Å². The summed E-state index contributed by atoms with van der Waals surface area (Å²) in [7, 11) is 0. The zero-order chi connectivity index (χ0) is 19.5. The minimum absolute atomic E-state index is 0.220. The molecule has 1 aromatic carbocycles. The summed E-state index contributed by atoms with van der Waals surface area (Å²) in [6, 6.07) is 13.0. The Morgan fingerprint density at radius 3 is 2.79 bits per heavy atom. The Morgan fingerprint density at radius 2 is 2.11 bits per heavy atom. The van der Waals surface area contributed by atoms with E-state index in [2.05, 4.69) is 21.3 Å². The summed E-state index contributed by atoms with van der Waals surface area (Å²) in [5.74, 6) is -0.250. The molecule has 1 atom stereocenters. The minimum atomic E-state index is -0.560. The number of aromatic nitrogens is 4. The molecule has 1 aliphatic heterocycles. The molecule has 28 heavy (non-hydrogen) atoms. The van der Waals surface area contributed by atoms with Gasteiger partial charge in [0.25, 0.3) is 0 Å². The number of nitriles is 1. The van der Waals surface area contributed by atoms with E-state index in [4.69, 9.17) is 14.7 Å². The molecule has 0 amide bonds. The van der Waals surface area contributed by atoms with Crippen LogP contribution in [0.5, 0.6) is 6.01 Å². The number of nitro groups is 1. The predicted octanol–water partition coefficient (Wildman–Crippen LogP) is 2.10. The van der Waals surface area contributed by atoms with Crippen LogP contribution in [0, 0.1) is 21.4 Å². The molecule has 0 radical (unpaired) electrons. The van der Waals surface area contributed by atoms with E-state index in [1.807, 2.05) is 24.3 Å². The Bertz CT molecular complexity index is 1040. The van der Waals surface area contributed by atoms with E-state index in [9.17, 15) is 10.1 Å². The molecular weight excluding hydrogens is 364 g/mol. The summed E-state index contributed by atoms with van der Waals surface area (Å²) < 4.78 is 12.8. The fourth-order valence-electron chi connectivity index (χ4n) is 2.77. The van der Waals surface area contributed by atoms with Gasteiger partial charge in [-0.05, 0) is 29.2 Å². The largest absolute Gasteiger partial charge is 0.443 e. The first kappa shape index (κ1) is 17.6. The Labute approximate surface area is 159 Å². The van der Waals surface area contributed by atoms with Crippen LogP contribution in [0.1, 0.15) is 11.3 Å². The van der Waals surface area contributed by atoms with Gasteiger partial charge in [0, 0.05) is 10.5 Å². The van der Waals surface area contributed by atoms with Gasteiger partial charge in [-0.2, -0.15) is 15.5 Å². The summed E-state index contributed by atoms with van der Waals surface area (Å²) >= 11 is 0. The highest BCUT2D eigenvalue weighted by Crippen LogP contribution is 2.23. The van der Waals surface area contributed by atoms with Gasteiger partial charge in [-0.3, -0.25) is 4.57 Å². The van der Waals surface area contributed by atoms with Gasteiger partial charge < -0.3 is 19.6 Å². The number of rotatable bonds is 5. The smallest absolute Gasteiger partial charge is 0.414 e. The molecule has 0 saturated carbocycles. The third kappa shape index (κ3) is 3.65. The van der Waals surface area contributed by atoms with Crippen LogP contribution in [0.4, 0.5) is 5.82 Å². The van der Waals surface area contributed by atoms with Crippen molar-refractivity contribution in [1.29, 1.82) is 5.26 Å². The van der Waals surface area contributed by atoms with Crippen molar-refractivity contribution >= 4 is 5.82 Å². The first-order valence-electron chi connectivity index (χ1n) is 8.41. The topological polar surface area (TPSA) is 129 Å². The molecule has 140 valence electrons. The highest BCUT2D eigenvalue weighted by atomic mass is 16.6. The lowest BCUT2D eigenvalue weighted by atomic mass is 10.1. The van der Waals surface area contributed by atoms with E-state index in [0.29, 0.717) is 23.5 Å². The molecule has 10 heteroatoms. The molecule has 1 aliphatic rings. The molecule has 0 spiro atoms. The average Bonchev–Trinajstić information content (AvgIpc) is 3.16. The van der Waals surface area contributed by atoms with Gasteiger partial charge in [0.15, 0.2) is 0 Å². The molecule has 0 saturated heterocycles. The van der Waals surface area contributed by atoms with Crippen LogP contribution in [-0.2, 0) is 17.9 Å². The Balaban J connectivity index is 1.36. The van der Waals surface area contributed by atoms with Crippen LogP contribution in [0.2, 0.25) is 0 Å². The second-order valence-electron chi connectivity index (χ2n) is 6.13. The lowest BCUT2D eigenvalue weighted by Crippen LogP contribution is -2.32. The normalized spacial score (nSPS) is 15.3. The molecule has 3 aromatic rings. The van der Waals surface area contributed by atoms with Gasteiger partial charge in [0.1, 0.15) is 18.9 Å². The van der Waals surface area contributed by atoms with Crippen molar-refractivity contribution in [3.63, 3.8) is 0 Å². The molecule has 10 nitrogen and oxygen atoms in total. The molecule has 3 heterocycles. The van der Waals surface area contributed by atoms with E-state index >= 15 is 0 Å². The van der Waals surface area contributed by atoms with E-state index < -0.39 is 4.92 Å². The van der Waals surface area contributed by atoms with Crippen LogP contribution < -0.4 is 4.74 Å². The lowest BCUT2D eigenvalue weighted by molar-refractivity contribution is -0.389. The second-order valence-corrected chi connectivity index (χ2v) is 6.13. The fourth-order valence-corrected chi connectivity index (χ4v) is 2.77. The van der Waals surface area contributed by atoms with Gasteiger partial charge in [0.05, 0.1) is 36.2 Å². The number of hydrogen-bond acceptors (Lipinski definition) is 8. The summed E-state index contributed by atoms with van der Waals surface area (Å²) in [4.78, 5) is 14.0. The summed E-state index contributed by atoms with van der Waals surface area (Å²) in [5.41, 5.74) is 2.81. The van der Waals surface area contributed by atoms with Gasteiger partial charge in [-0.15, -0.1) is 0 Å². The Kier molecular flexibility index (Phi) is 4.65. The third-order valence-electron chi connectivity index (χ3n) is 4.21. The first-order chi connectivity index (χ1) is 13.6. The number of fused-ring (bicyclic) bond motifs is 1. The first-order valence-corrected chi connectivity index (χ1v) is 8.41. The molecular formula is C18H14N6O4. The molecule has 0 aliphatic carbocycles. The quantitative estimate of drug-likeness (QED) is 0.487. The number of hydrogen-bond donors (Lipinski definition) is 0. The maximum Gasteiger partial charge on any atom is 0.414 e. The van der Waals surface area contributed by atoms with Crippen LogP contribution >= 0.6 is 0 Å². The zero-order valence-corrected chi connectivity index (χ0v) is 14.6. The third-order valence-corrected chi connectivity index (χ3v) is 4.21. The van der Waals surface area contributed by atoms with Gasteiger partial charge in [-0.25, -0.2) is 0 Å². The van der Waals surface area contributed by atoms with Crippen molar-refractivity contribution in [1.82, 2.24) is 19.7 Å². The van der Waals surface area contributed by atoms with Gasteiger partial charge >= 0.3 is 11.8 Å². The van der Waals surface area contributed by atoms with Crippen LogP contribution in [0.3, 0.4) is 0 Å². The lowest BCUT2D eigenvalue weighted by Gasteiger charge is -2.22. The summed E-state index contributed by atoms with van der Waals surface area (Å²) in [6.45, 7) is 0.901. The molecule has 0 N–H and O–H groups in total. The van der Waals surface area contributed by atoms with Crippen LogP contribution in [0.25, 0.3) is 11.3 Å². The molecule has 0 unspecified atom stereocenters. The number of ether oxygens (including phenoxy) is 2. The highest BCUT2D eigenvalue weighted by Gasteiger charge is 2.28. The number of benzene rings is 1. The van der Waals surface area contributed by atoms with Crippen molar-refractivity contribution in [2.45, 2.75) is 19.3 Å². The summed E-state index contributed by atoms with van der Waals surface area (Å²) in [6.07, 6.45) is 1.05. The highest BCUT2D eigenvalue weighted by molar-refractivity contribution is 5.59. The predicted molar refractivity (Wildman–Crippen MR) is 95.1 cm³/mol. The van der Waals surface area contributed by atoms with E-state index in [0.717, 1.165) is 5.56 Å². The monoisotopic (exact) mass is 378 g/mol. The van der Waals surface area contributed by atoms with Crippen LogP contribution in [0.15, 0.2) is 42.6 Å². The maximum absolute atomic E-state index is 10.8. The molecule has 0 bridgehead atoms. The van der Waals surface area contributed by atoms with Gasteiger partial charge in [0.2, 0.25) is 0 Å². The standard InChI is InChI=1S/C18H14N6O4/c19-7-12-1-3-13(4-2-12)16-6-5-14(21-22-16)10-27-15-8-23-9-17(24(25)26)20-18(23)28-11-15/h1-6,9,15H,8,10-11H2/t15-/m0/s1. The Hall–Kier alpha value is -3.84. The van der Waals surface area contributed by atoms with E-state index in [-0.39, 0.29) is 31.1 Å². The molecule has 2 aromatic heterocycles. The Morgan fingerprint density at radius 1 is 1.29 bits per heavy atom. The van der Waals surface area contributed by atoms with E-state index in [1.54, 1.807) is 16.7 Å². The van der Waals surface area contributed by atoms with Crippen molar-refractivity contribution in [3.8, 4) is 23.3 Å². The van der Waals surface area contributed by atoms with Gasteiger partial charge in [-0.1, -0.05) is 12.1 Å². The minimum Gasteiger partial charge on any atom is -0.443 e.